The highest BCUT2D eigenvalue weighted by Gasteiger charge is 2.27. The first kappa shape index (κ1) is 9.93. The molecule has 1 N–H and O–H groups in total. The molecule has 3 nitrogen and oxygen atoms in total. The number of halogens is 1. The molecule has 1 aromatic rings. The third kappa shape index (κ3) is 1.36. The molecule has 76 valence electrons. The Morgan fingerprint density at radius 2 is 1.93 bits per heavy atom. The monoisotopic (exact) mass is 222 g/mol. The number of aromatic hydroxyl groups is 1. The number of allylic oxidation sites excluding steroid dienone is 2. The maximum atomic E-state index is 11.6. The smallest absolute Gasteiger partial charge is 0.205 e. The Labute approximate surface area is 91.0 Å². The number of aryl methyl sites for hydroxylation is 1. The van der Waals surface area contributed by atoms with E-state index in [1.165, 1.54) is 6.07 Å². The van der Waals surface area contributed by atoms with Gasteiger partial charge in [-0.05, 0) is 18.6 Å². The van der Waals surface area contributed by atoms with Crippen molar-refractivity contribution in [3.63, 3.8) is 0 Å². The normalized spacial score (nSPS) is 14.9. The fraction of sp³-hybridized carbons (Fsp3) is 0.0909. The molecule has 0 aromatic heterocycles. The molecular weight excluding hydrogens is 216 g/mol. The van der Waals surface area contributed by atoms with E-state index in [-0.39, 0.29) is 21.9 Å². The van der Waals surface area contributed by atoms with Crippen LogP contribution in [0.25, 0.3) is 0 Å². The van der Waals surface area contributed by atoms with Crippen molar-refractivity contribution in [3.05, 3.63) is 39.9 Å². The molecule has 2 rings (SSSR count). The highest BCUT2D eigenvalue weighted by atomic mass is 35.5. The molecule has 15 heavy (non-hydrogen) atoms. The van der Waals surface area contributed by atoms with Crippen molar-refractivity contribution in [1.29, 1.82) is 0 Å². The van der Waals surface area contributed by atoms with Crippen LogP contribution in [0.2, 0.25) is 0 Å². The number of fused-ring (bicyclic) bond motifs is 1. The van der Waals surface area contributed by atoms with Gasteiger partial charge in [-0.3, -0.25) is 9.59 Å². The topological polar surface area (TPSA) is 54.4 Å². The van der Waals surface area contributed by atoms with Crippen LogP contribution in [0.15, 0.2) is 23.2 Å². The molecule has 1 aliphatic rings. The van der Waals surface area contributed by atoms with Crippen molar-refractivity contribution in [2.24, 2.45) is 0 Å². The Morgan fingerprint density at radius 3 is 2.60 bits per heavy atom. The van der Waals surface area contributed by atoms with Crippen LogP contribution in [-0.4, -0.2) is 16.7 Å². The van der Waals surface area contributed by atoms with Crippen molar-refractivity contribution >= 4 is 23.2 Å². The van der Waals surface area contributed by atoms with Crippen LogP contribution in [0.5, 0.6) is 5.75 Å². The van der Waals surface area contributed by atoms with Gasteiger partial charge in [0.1, 0.15) is 5.75 Å². The molecule has 0 heterocycles. The zero-order valence-electron chi connectivity index (χ0n) is 7.87. The predicted molar refractivity (Wildman–Crippen MR) is 55.4 cm³/mol. The Morgan fingerprint density at radius 1 is 1.27 bits per heavy atom. The van der Waals surface area contributed by atoms with Crippen LogP contribution in [0.4, 0.5) is 0 Å². The van der Waals surface area contributed by atoms with E-state index in [9.17, 15) is 14.7 Å². The molecule has 1 aliphatic carbocycles. The number of phenolic OH excluding ortho intramolecular Hbond substituents is 1. The van der Waals surface area contributed by atoms with Crippen LogP contribution in [0.1, 0.15) is 26.3 Å². The fourth-order valence-electron chi connectivity index (χ4n) is 1.52. The van der Waals surface area contributed by atoms with Crippen molar-refractivity contribution < 1.29 is 14.7 Å². The standard InChI is InChI=1S/C11H7ClO3/c1-5-2-3-6-9(10(5)14)8(13)4-7(12)11(6)15/h2-4,14H,1H3. The molecule has 0 fully saturated rings. The number of hydrogen-bond acceptors (Lipinski definition) is 3. The number of benzene rings is 1. The van der Waals surface area contributed by atoms with Crippen molar-refractivity contribution in [3.8, 4) is 5.75 Å². The summed E-state index contributed by atoms with van der Waals surface area (Å²) in [5, 5.41) is 9.56. The van der Waals surface area contributed by atoms with Gasteiger partial charge in [0.2, 0.25) is 5.78 Å². The van der Waals surface area contributed by atoms with Crippen LogP contribution in [0.3, 0.4) is 0 Å². The highest BCUT2D eigenvalue weighted by Crippen LogP contribution is 2.31. The average molecular weight is 223 g/mol. The maximum Gasteiger partial charge on any atom is 0.205 e. The summed E-state index contributed by atoms with van der Waals surface area (Å²) in [7, 11) is 0. The second-order valence-corrected chi connectivity index (χ2v) is 3.75. The van der Waals surface area contributed by atoms with E-state index in [2.05, 4.69) is 0 Å². The summed E-state index contributed by atoms with van der Waals surface area (Å²) in [6.07, 6.45) is 1.03. The minimum Gasteiger partial charge on any atom is -0.507 e. The number of phenols is 1. The van der Waals surface area contributed by atoms with E-state index < -0.39 is 11.6 Å². The first-order valence-corrected chi connectivity index (χ1v) is 4.69. The molecule has 0 unspecified atom stereocenters. The molecule has 0 bridgehead atoms. The summed E-state index contributed by atoms with van der Waals surface area (Å²) < 4.78 is 0. The number of Topliss-reactive ketones (excluding diaryl/α,β-unsaturated/α-hetero) is 1. The zero-order chi connectivity index (χ0) is 11.2. The molecule has 0 atom stereocenters. The number of hydrogen-bond donors (Lipinski definition) is 1. The van der Waals surface area contributed by atoms with Crippen LogP contribution >= 0.6 is 11.6 Å². The summed E-state index contributed by atoms with van der Waals surface area (Å²) in [5.74, 6) is -1.01. The maximum absolute atomic E-state index is 11.6. The van der Waals surface area contributed by atoms with Gasteiger partial charge in [-0.2, -0.15) is 0 Å². The minimum absolute atomic E-state index is 0.0457. The second kappa shape index (κ2) is 3.21. The summed E-state index contributed by atoms with van der Waals surface area (Å²) in [6, 6.07) is 3.08. The van der Waals surface area contributed by atoms with Gasteiger partial charge < -0.3 is 5.11 Å². The summed E-state index contributed by atoms with van der Waals surface area (Å²) in [5.41, 5.74) is 0.765. The lowest BCUT2D eigenvalue weighted by Crippen LogP contribution is -2.15. The first-order chi connectivity index (χ1) is 7.02. The zero-order valence-corrected chi connectivity index (χ0v) is 8.63. The van der Waals surface area contributed by atoms with Gasteiger partial charge in [0.15, 0.2) is 5.78 Å². The van der Waals surface area contributed by atoms with E-state index in [4.69, 9.17) is 11.6 Å². The van der Waals surface area contributed by atoms with E-state index in [1.807, 2.05) is 0 Å². The van der Waals surface area contributed by atoms with Gasteiger partial charge in [0.25, 0.3) is 0 Å². The fourth-order valence-corrected chi connectivity index (χ4v) is 1.72. The second-order valence-electron chi connectivity index (χ2n) is 3.34. The molecular formula is C11H7ClO3. The largest absolute Gasteiger partial charge is 0.507 e. The van der Waals surface area contributed by atoms with E-state index in [0.29, 0.717) is 5.56 Å². The molecule has 1 aromatic carbocycles. The lowest BCUT2D eigenvalue weighted by Gasteiger charge is -2.13. The van der Waals surface area contributed by atoms with E-state index in [0.717, 1.165) is 6.08 Å². The Bertz CT molecular complexity index is 515. The summed E-state index contributed by atoms with van der Waals surface area (Å²) >= 11 is 5.59. The number of rotatable bonds is 0. The number of ketones is 2. The van der Waals surface area contributed by atoms with Gasteiger partial charge in [-0.15, -0.1) is 0 Å². The third-order valence-corrected chi connectivity index (χ3v) is 2.63. The molecule has 0 spiro atoms. The Hall–Kier alpha value is -1.61. The molecule has 0 amide bonds. The molecule has 0 saturated heterocycles. The number of carbonyl (C=O) groups is 2. The minimum atomic E-state index is -0.434. The van der Waals surface area contributed by atoms with Crippen LogP contribution in [0, 0.1) is 6.92 Å². The molecule has 0 aliphatic heterocycles. The van der Waals surface area contributed by atoms with Gasteiger partial charge in [0.05, 0.1) is 10.6 Å². The summed E-state index contributed by atoms with van der Waals surface area (Å²) in [6.45, 7) is 1.66. The van der Waals surface area contributed by atoms with Gasteiger partial charge in [0, 0.05) is 11.6 Å². The molecule has 0 saturated carbocycles. The first-order valence-electron chi connectivity index (χ1n) is 4.31. The quantitative estimate of drug-likeness (QED) is 0.732. The van der Waals surface area contributed by atoms with Gasteiger partial charge >= 0.3 is 0 Å². The highest BCUT2D eigenvalue weighted by molar-refractivity contribution is 6.49. The molecule has 4 heteroatoms. The van der Waals surface area contributed by atoms with Crippen LogP contribution in [-0.2, 0) is 0 Å². The molecule has 0 radical (unpaired) electrons. The Kier molecular flexibility index (Phi) is 2.12. The lowest BCUT2D eigenvalue weighted by molar-refractivity contribution is 0.0988. The van der Waals surface area contributed by atoms with Gasteiger partial charge in [-0.25, -0.2) is 0 Å². The summed E-state index contributed by atoms with van der Waals surface area (Å²) in [4.78, 5) is 23.1. The number of carbonyl (C=O) groups excluding carboxylic acids is 2. The SMILES string of the molecule is Cc1ccc2c(c1O)C(=O)C=C(Cl)C2=O. The predicted octanol–water partition coefficient (Wildman–Crippen LogP) is 2.20. The van der Waals surface area contributed by atoms with E-state index in [1.54, 1.807) is 13.0 Å². The van der Waals surface area contributed by atoms with Crippen molar-refractivity contribution in [1.82, 2.24) is 0 Å². The van der Waals surface area contributed by atoms with Crippen molar-refractivity contribution in [2.75, 3.05) is 0 Å². The van der Waals surface area contributed by atoms with Crippen LogP contribution < -0.4 is 0 Å². The van der Waals surface area contributed by atoms with Crippen molar-refractivity contribution in [2.45, 2.75) is 6.92 Å². The lowest BCUT2D eigenvalue weighted by atomic mass is 9.92. The van der Waals surface area contributed by atoms with E-state index >= 15 is 0 Å². The Balaban J connectivity index is 2.78. The third-order valence-electron chi connectivity index (χ3n) is 2.35. The van der Waals surface area contributed by atoms with Gasteiger partial charge in [-0.1, -0.05) is 17.7 Å². The average Bonchev–Trinajstić information content (AvgIpc) is 2.18.